The van der Waals surface area contributed by atoms with Crippen molar-refractivity contribution in [2.45, 2.75) is 32.9 Å². The first-order valence-corrected chi connectivity index (χ1v) is 5.99. The maximum atomic E-state index is 10.8. The Hall–Kier alpha value is -0.920. The predicted octanol–water partition coefficient (Wildman–Crippen LogP) is 0.979. The van der Waals surface area contributed by atoms with Crippen LogP contribution < -0.4 is 5.11 Å². The highest BCUT2D eigenvalue weighted by atomic mass is 31.0. The van der Waals surface area contributed by atoms with Crippen LogP contribution in [0.5, 0.6) is 0 Å². The zero-order chi connectivity index (χ0) is 12.1. The van der Waals surface area contributed by atoms with E-state index in [4.69, 9.17) is 0 Å². The minimum atomic E-state index is -1.01. The lowest BCUT2D eigenvalue weighted by Gasteiger charge is -2.34. The molecule has 2 atom stereocenters. The number of fused-ring (bicyclic) bond motifs is 1. The van der Waals surface area contributed by atoms with Crippen molar-refractivity contribution < 1.29 is 9.90 Å². The van der Waals surface area contributed by atoms with E-state index >= 15 is 0 Å². The fourth-order valence-electron chi connectivity index (χ4n) is 1.76. The molecule has 88 valence electrons. The number of rotatable bonds is 1. The van der Waals surface area contributed by atoms with Crippen LogP contribution in [0.1, 0.15) is 25.0 Å². The lowest BCUT2D eigenvalue weighted by Crippen LogP contribution is -2.47. The number of aliphatic carboxylic acids is 1. The Morgan fingerprint density at radius 1 is 1.38 bits per heavy atom. The van der Waals surface area contributed by atoms with E-state index in [0.29, 0.717) is 13.0 Å². The normalized spacial score (nSPS) is 19.3. The number of carbonyl (C=O) groups is 1. The maximum Gasteiger partial charge on any atom is 0.0592 e. The summed E-state index contributed by atoms with van der Waals surface area (Å²) in [5, 5.41) is 10.8. The lowest BCUT2D eigenvalue weighted by molar-refractivity contribution is -0.310. The van der Waals surface area contributed by atoms with Gasteiger partial charge in [0.1, 0.15) is 0 Å². The molecule has 1 heterocycles. The SMILES string of the molecule is CC.O=C([O-])C1Cc2ccccc2CN1P. The van der Waals surface area contributed by atoms with Gasteiger partial charge in [-0.2, -0.15) is 0 Å². The standard InChI is InChI=1S/C10H12NO2P.C2H6/c12-10(13)9-5-7-3-1-2-4-8(7)6-11(9)14;1-2/h1-4,9H,5-6,14H2,(H,12,13);1-2H3/p-1. The van der Waals surface area contributed by atoms with Crippen LogP contribution in [0, 0.1) is 0 Å². The summed E-state index contributed by atoms with van der Waals surface area (Å²) in [4.78, 5) is 10.8. The van der Waals surface area contributed by atoms with Crippen LogP contribution in [0.4, 0.5) is 0 Å². The maximum absolute atomic E-state index is 10.8. The number of hydrogen-bond acceptors (Lipinski definition) is 3. The van der Waals surface area contributed by atoms with Gasteiger partial charge in [-0.15, -0.1) is 0 Å². The number of carbonyl (C=O) groups excluding carboxylic acids is 1. The van der Waals surface area contributed by atoms with Gasteiger partial charge in [-0.3, -0.25) is 4.67 Å². The Labute approximate surface area is 98.7 Å². The second-order valence-corrected chi connectivity index (χ2v) is 4.14. The quantitative estimate of drug-likeness (QED) is 0.685. The van der Waals surface area contributed by atoms with E-state index < -0.39 is 12.0 Å². The second kappa shape index (κ2) is 5.97. The summed E-state index contributed by atoms with van der Waals surface area (Å²) in [6, 6.07) is 7.39. The van der Waals surface area contributed by atoms with Gasteiger partial charge in [-0.05, 0) is 17.5 Å². The molecule has 0 bridgehead atoms. The molecule has 0 aromatic heterocycles. The average Bonchev–Trinajstić information content (AvgIpc) is 2.30. The predicted molar refractivity (Wildman–Crippen MR) is 65.5 cm³/mol. The Bertz CT molecular complexity index is 368. The summed E-state index contributed by atoms with van der Waals surface area (Å²) in [6.45, 7) is 4.65. The van der Waals surface area contributed by atoms with E-state index in [-0.39, 0.29) is 0 Å². The molecular weight excluding hydrogens is 221 g/mol. The molecule has 1 aliphatic rings. The first-order valence-electron chi connectivity index (χ1n) is 5.47. The fourth-order valence-corrected chi connectivity index (χ4v) is 2.19. The first kappa shape index (κ1) is 13.1. The molecule has 16 heavy (non-hydrogen) atoms. The van der Waals surface area contributed by atoms with Crippen LogP contribution >= 0.6 is 9.39 Å². The minimum absolute atomic E-state index is 0.519. The molecule has 0 radical (unpaired) electrons. The van der Waals surface area contributed by atoms with Crippen molar-refractivity contribution in [1.82, 2.24) is 4.67 Å². The van der Waals surface area contributed by atoms with Gasteiger partial charge < -0.3 is 9.90 Å². The van der Waals surface area contributed by atoms with Gasteiger partial charge in [0, 0.05) is 6.54 Å². The van der Waals surface area contributed by atoms with Crippen molar-refractivity contribution in [3.05, 3.63) is 35.4 Å². The first-order chi connectivity index (χ1) is 7.68. The molecule has 0 aliphatic carbocycles. The number of benzene rings is 1. The van der Waals surface area contributed by atoms with Crippen LogP contribution in [-0.2, 0) is 17.8 Å². The highest BCUT2D eigenvalue weighted by molar-refractivity contribution is 7.13. The van der Waals surface area contributed by atoms with Gasteiger partial charge in [0.15, 0.2) is 0 Å². The van der Waals surface area contributed by atoms with E-state index in [0.717, 1.165) is 5.56 Å². The van der Waals surface area contributed by atoms with Gasteiger partial charge in [0.05, 0.1) is 12.0 Å². The number of hydrogen-bond donors (Lipinski definition) is 0. The van der Waals surface area contributed by atoms with Crippen LogP contribution in [0.25, 0.3) is 0 Å². The van der Waals surface area contributed by atoms with E-state index in [1.807, 2.05) is 38.1 Å². The molecule has 0 saturated carbocycles. The topological polar surface area (TPSA) is 43.4 Å². The van der Waals surface area contributed by atoms with Crippen molar-refractivity contribution in [3.63, 3.8) is 0 Å². The molecule has 1 aromatic carbocycles. The Morgan fingerprint density at radius 2 is 1.94 bits per heavy atom. The highest BCUT2D eigenvalue weighted by Crippen LogP contribution is 2.25. The van der Waals surface area contributed by atoms with Crippen molar-refractivity contribution in [3.8, 4) is 0 Å². The van der Waals surface area contributed by atoms with Gasteiger partial charge in [0.2, 0.25) is 0 Å². The number of carboxylic acids is 1. The van der Waals surface area contributed by atoms with Gasteiger partial charge >= 0.3 is 0 Å². The molecule has 0 fully saturated rings. The summed E-state index contributed by atoms with van der Waals surface area (Å²) >= 11 is 0. The molecule has 0 spiro atoms. The molecule has 0 N–H and O–H groups in total. The smallest absolute Gasteiger partial charge is 0.0592 e. The summed E-state index contributed by atoms with van der Waals surface area (Å²) in [5.74, 6) is -1.01. The Balaban J connectivity index is 0.000000606. The van der Waals surface area contributed by atoms with E-state index in [2.05, 4.69) is 9.39 Å². The van der Waals surface area contributed by atoms with Crippen molar-refractivity contribution >= 4 is 15.4 Å². The Morgan fingerprint density at radius 3 is 2.50 bits per heavy atom. The third-order valence-electron chi connectivity index (χ3n) is 2.56. The summed E-state index contributed by atoms with van der Waals surface area (Å²) in [5.41, 5.74) is 2.31. The van der Waals surface area contributed by atoms with Crippen LogP contribution in [0.15, 0.2) is 24.3 Å². The summed E-state index contributed by atoms with van der Waals surface area (Å²) in [6.07, 6.45) is 0.530. The van der Waals surface area contributed by atoms with Gasteiger partial charge in [0.25, 0.3) is 0 Å². The summed E-state index contributed by atoms with van der Waals surface area (Å²) in [7, 11) is 2.45. The molecule has 1 aromatic rings. The van der Waals surface area contributed by atoms with Crippen molar-refractivity contribution in [1.29, 1.82) is 0 Å². The minimum Gasteiger partial charge on any atom is -0.548 e. The molecule has 1 aliphatic heterocycles. The zero-order valence-electron chi connectivity index (χ0n) is 9.64. The van der Waals surface area contributed by atoms with E-state index in [9.17, 15) is 9.90 Å². The second-order valence-electron chi connectivity index (χ2n) is 3.48. The molecule has 3 nitrogen and oxygen atoms in total. The van der Waals surface area contributed by atoms with Crippen molar-refractivity contribution in [2.24, 2.45) is 0 Å². The lowest BCUT2D eigenvalue weighted by atomic mass is 9.96. The van der Waals surface area contributed by atoms with Gasteiger partial charge in [-0.1, -0.05) is 47.5 Å². The van der Waals surface area contributed by atoms with Crippen LogP contribution in [0.3, 0.4) is 0 Å². The molecule has 4 heteroatoms. The largest absolute Gasteiger partial charge is 0.548 e. The number of nitrogens with zero attached hydrogens (tertiary/aromatic N) is 1. The summed E-state index contributed by atoms with van der Waals surface area (Å²) < 4.78 is 1.73. The molecule has 0 saturated heterocycles. The zero-order valence-corrected chi connectivity index (χ0v) is 10.8. The third kappa shape index (κ3) is 2.81. The van der Waals surface area contributed by atoms with Crippen LogP contribution in [-0.4, -0.2) is 16.7 Å². The third-order valence-corrected chi connectivity index (χ3v) is 3.10. The molecule has 2 unspecified atom stereocenters. The van der Waals surface area contributed by atoms with Gasteiger partial charge in [-0.25, -0.2) is 0 Å². The molecule has 2 rings (SSSR count). The Kier molecular flexibility index (Phi) is 4.91. The molecule has 0 amide bonds. The highest BCUT2D eigenvalue weighted by Gasteiger charge is 2.23. The van der Waals surface area contributed by atoms with Crippen LogP contribution in [0.2, 0.25) is 0 Å². The molecular formula is C12H17NO2P-. The average molecular weight is 238 g/mol. The number of carboxylic acid groups (broad SMARTS) is 1. The fraction of sp³-hybridized carbons (Fsp3) is 0.417. The monoisotopic (exact) mass is 238 g/mol. The van der Waals surface area contributed by atoms with Crippen molar-refractivity contribution in [2.75, 3.05) is 0 Å². The van der Waals surface area contributed by atoms with E-state index in [1.165, 1.54) is 5.56 Å². The van der Waals surface area contributed by atoms with E-state index in [1.54, 1.807) is 4.67 Å².